The standard InChI is InChI=1S/C18H26N4O/c1-2-15(14-19)8-11-21-17(23)22-18(9-12-20-13-10-18)16-6-4-3-5-7-16/h3-7,15,20H,2,8-13H2,1H3,(H2,21,22,23). The molecule has 0 aliphatic carbocycles. The number of rotatable bonds is 6. The van der Waals surface area contributed by atoms with Crippen molar-refractivity contribution >= 4 is 6.03 Å². The van der Waals surface area contributed by atoms with E-state index in [9.17, 15) is 4.79 Å². The smallest absolute Gasteiger partial charge is 0.315 e. The van der Waals surface area contributed by atoms with Crippen molar-refractivity contribution in [2.75, 3.05) is 19.6 Å². The summed E-state index contributed by atoms with van der Waals surface area (Å²) in [7, 11) is 0. The lowest BCUT2D eigenvalue weighted by molar-refractivity contribution is 0.207. The molecule has 1 fully saturated rings. The van der Waals surface area contributed by atoms with Gasteiger partial charge in [-0.3, -0.25) is 0 Å². The first-order valence-electron chi connectivity index (χ1n) is 8.42. The second-order valence-corrected chi connectivity index (χ2v) is 6.10. The molecular weight excluding hydrogens is 288 g/mol. The van der Waals surface area contributed by atoms with Crippen LogP contribution < -0.4 is 16.0 Å². The minimum Gasteiger partial charge on any atom is -0.338 e. The normalized spacial score (nSPS) is 17.7. The number of urea groups is 1. The molecule has 1 aromatic rings. The first kappa shape index (κ1) is 17.3. The molecular formula is C18H26N4O. The molecule has 0 saturated carbocycles. The van der Waals surface area contributed by atoms with Gasteiger partial charge in [0.1, 0.15) is 0 Å². The lowest BCUT2D eigenvalue weighted by atomic mass is 9.81. The molecule has 0 radical (unpaired) electrons. The largest absolute Gasteiger partial charge is 0.338 e. The Hall–Kier alpha value is -2.06. The maximum Gasteiger partial charge on any atom is 0.315 e. The molecule has 0 bridgehead atoms. The van der Waals surface area contributed by atoms with Gasteiger partial charge in [0.05, 0.1) is 11.6 Å². The number of carbonyl (C=O) groups excluding carboxylic acids is 1. The van der Waals surface area contributed by atoms with Crippen LogP contribution in [0.3, 0.4) is 0 Å². The van der Waals surface area contributed by atoms with E-state index >= 15 is 0 Å². The predicted octanol–water partition coefficient (Wildman–Crippen LogP) is 2.50. The third-order valence-corrected chi connectivity index (χ3v) is 4.59. The van der Waals surface area contributed by atoms with Crippen molar-refractivity contribution in [3.05, 3.63) is 35.9 Å². The Kier molecular flexibility index (Phi) is 6.42. The molecule has 5 heteroatoms. The van der Waals surface area contributed by atoms with Gasteiger partial charge in [-0.25, -0.2) is 4.79 Å². The Morgan fingerprint density at radius 2 is 2.04 bits per heavy atom. The van der Waals surface area contributed by atoms with Crippen LogP contribution in [0.5, 0.6) is 0 Å². The highest BCUT2D eigenvalue weighted by molar-refractivity contribution is 5.75. The van der Waals surface area contributed by atoms with Gasteiger partial charge in [-0.05, 0) is 44.3 Å². The number of nitrogens with zero attached hydrogens (tertiary/aromatic N) is 1. The fourth-order valence-corrected chi connectivity index (χ4v) is 3.08. The zero-order valence-corrected chi connectivity index (χ0v) is 13.8. The van der Waals surface area contributed by atoms with E-state index in [-0.39, 0.29) is 17.5 Å². The van der Waals surface area contributed by atoms with Crippen LogP contribution in [0.25, 0.3) is 0 Å². The number of amides is 2. The minimum atomic E-state index is -0.310. The molecule has 1 atom stereocenters. The summed E-state index contributed by atoms with van der Waals surface area (Å²) in [5.74, 6) is 0.0114. The summed E-state index contributed by atoms with van der Waals surface area (Å²) in [4.78, 5) is 12.3. The molecule has 3 N–H and O–H groups in total. The van der Waals surface area contributed by atoms with Crippen LogP contribution in [-0.4, -0.2) is 25.7 Å². The first-order valence-corrected chi connectivity index (χ1v) is 8.42. The molecule has 1 saturated heterocycles. The number of nitriles is 1. The lowest BCUT2D eigenvalue weighted by Gasteiger charge is -2.39. The zero-order chi connectivity index (χ0) is 16.5. The molecule has 2 amide bonds. The number of piperidine rings is 1. The Morgan fingerprint density at radius 3 is 2.65 bits per heavy atom. The third-order valence-electron chi connectivity index (χ3n) is 4.59. The van der Waals surface area contributed by atoms with Crippen molar-refractivity contribution in [1.82, 2.24) is 16.0 Å². The summed E-state index contributed by atoms with van der Waals surface area (Å²) in [6.07, 6.45) is 3.26. The van der Waals surface area contributed by atoms with Crippen molar-refractivity contribution in [3.63, 3.8) is 0 Å². The van der Waals surface area contributed by atoms with Gasteiger partial charge in [0.15, 0.2) is 0 Å². The molecule has 2 rings (SSSR count). The molecule has 0 aromatic heterocycles. The molecule has 1 unspecified atom stereocenters. The van der Waals surface area contributed by atoms with Crippen LogP contribution in [0.4, 0.5) is 4.79 Å². The SMILES string of the molecule is CCC(C#N)CCNC(=O)NC1(c2ccccc2)CCNCC1. The van der Waals surface area contributed by atoms with Gasteiger partial charge in [0.2, 0.25) is 0 Å². The van der Waals surface area contributed by atoms with E-state index in [0.717, 1.165) is 37.9 Å². The maximum absolute atomic E-state index is 12.3. The quantitative estimate of drug-likeness (QED) is 0.755. The van der Waals surface area contributed by atoms with Crippen molar-refractivity contribution in [3.8, 4) is 6.07 Å². The number of nitrogens with one attached hydrogen (secondary N) is 3. The average molecular weight is 314 g/mol. The Balaban J connectivity index is 1.96. The molecule has 5 nitrogen and oxygen atoms in total. The Morgan fingerprint density at radius 1 is 1.35 bits per heavy atom. The number of carbonyl (C=O) groups is 1. The summed E-state index contributed by atoms with van der Waals surface area (Å²) in [6, 6.07) is 12.3. The third kappa shape index (κ3) is 4.70. The topological polar surface area (TPSA) is 77.0 Å². The highest BCUT2D eigenvalue weighted by atomic mass is 16.2. The Bertz CT molecular complexity index is 532. The lowest BCUT2D eigenvalue weighted by Crippen LogP contribution is -2.54. The van der Waals surface area contributed by atoms with E-state index in [1.807, 2.05) is 25.1 Å². The second-order valence-electron chi connectivity index (χ2n) is 6.10. The summed E-state index contributed by atoms with van der Waals surface area (Å²) in [5.41, 5.74) is 0.843. The van der Waals surface area contributed by atoms with Crippen LogP contribution in [0, 0.1) is 17.2 Å². The van der Waals surface area contributed by atoms with E-state index in [1.54, 1.807) is 0 Å². The van der Waals surface area contributed by atoms with Gasteiger partial charge >= 0.3 is 6.03 Å². The fraction of sp³-hybridized carbons (Fsp3) is 0.556. The van der Waals surface area contributed by atoms with E-state index in [2.05, 4.69) is 34.2 Å². The molecule has 124 valence electrons. The summed E-state index contributed by atoms with van der Waals surface area (Å²) in [6.45, 7) is 4.30. The number of hydrogen-bond acceptors (Lipinski definition) is 3. The molecule has 1 aliphatic rings. The fourth-order valence-electron chi connectivity index (χ4n) is 3.08. The van der Waals surface area contributed by atoms with Crippen LogP contribution in [-0.2, 0) is 5.54 Å². The summed E-state index contributed by atoms with van der Waals surface area (Å²) < 4.78 is 0. The van der Waals surface area contributed by atoms with Gasteiger partial charge in [0.25, 0.3) is 0 Å². The van der Waals surface area contributed by atoms with Crippen molar-refractivity contribution in [2.24, 2.45) is 5.92 Å². The van der Waals surface area contributed by atoms with E-state index in [0.29, 0.717) is 13.0 Å². The number of benzene rings is 1. The second kappa shape index (κ2) is 8.54. The molecule has 1 aromatic carbocycles. The summed E-state index contributed by atoms with van der Waals surface area (Å²) >= 11 is 0. The monoisotopic (exact) mass is 314 g/mol. The van der Waals surface area contributed by atoms with Crippen molar-refractivity contribution < 1.29 is 4.79 Å². The highest BCUT2D eigenvalue weighted by Gasteiger charge is 2.35. The molecule has 1 heterocycles. The van der Waals surface area contributed by atoms with Crippen LogP contribution >= 0.6 is 0 Å². The zero-order valence-electron chi connectivity index (χ0n) is 13.8. The number of hydrogen-bond donors (Lipinski definition) is 3. The minimum absolute atomic E-state index is 0.0114. The molecule has 23 heavy (non-hydrogen) atoms. The molecule has 1 aliphatic heterocycles. The van der Waals surface area contributed by atoms with Crippen LogP contribution in [0.2, 0.25) is 0 Å². The van der Waals surface area contributed by atoms with E-state index < -0.39 is 0 Å². The van der Waals surface area contributed by atoms with Crippen molar-refractivity contribution in [2.45, 2.75) is 38.1 Å². The van der Waals surface area contributed by atoms with Gasteiger partial charge < -0.3 is 16.0 Å². The van der Waals surface area contributed by atoms with Gasteiger partial charge in [-0.2, -0.15) is 5.26 Å². The Labute approximate surface area is 138 Å². The van der Waals surface area contributed by atoms with Crippen molar-refractivity contribution in [1.29, 1.82) is 5.26 Å². The van der Waals surface area contributed by atoms with Gasteiger partial charge in [-0.1, -0.05) is 37.3 Å². The van der Waals surface area contributed by atoms with E-state index in [4.69, 9.17) is 5.26 Å². The van der Waals surface area contributed by atoms with Crippen LogP contribution in [0.15, 0.2) is 30.3 Å². The average Bonchev–Trinajstić information content (AvgIpc) is 2.60. The molecule has 0 spiro atoms. The first-order chi connectivity index (χ1) is 11.2. The van der Waals surface area contributed by atoms with E-state index in [1.165, 1.54) is 0 Å². The van der Waals surface area contributed by atoms with Gasteiger partial charge in [-0.15, -0.1) is 0 Å². The van der Waals surface area contributed by atoms with Gasteiger partial charge in [0, 0.05) is 12.5 Å². The highest BCUT2D eigenvalue weighted by Crippen LogP contribution is 2.30. The summed E-state index contributed by atoms with van der Waals surface area (Å²) in [5, 5.41) is 18.4. The maximum atomic E-state index is 12.3. The predicted molar refractivity (Wildman–Crippen MR) is 90.8 cm³/mol. The van der Waals surface area contributed by atoms with Crippen LogP contribution in [0.1, 0.15) is 38.2 Å².